The van der Waals surface area contributed by atoms with Crippen LogP contribution < -0.4 is 5.32 Å². The Morgan fingerprint density at radius 3 is 2.54 bits per heavy atom. The number of benzene rings is 1. The van der Waals surface area contributed by atoms with Gasteiger partial charge in [0.15, 0.2) is 0 Å². The van der Waals surface area contributed by atoms with Crippen LogP contribution in [0.25, 0.3) is 11.1 Å². The van der Waals surface area contributed by atoms with E-state index >= 15 is 0 Å². The van der Waals surface area contributed by atoms with Crippen LogP contribution >= 0.6 is 11.3 Å². The summed E-state index contributed by atoms with van der Waals surface area (Å²) in [5.74, 6) is -0.244. The van der Waals surface area contributed by atoms with Gasteiger partial charge in [0.25, 0.3) is 0 Å². The number of anilines is 1. The van der Waals surface area contributed by atoms with E-state index in [0.717, 1.165) is 29.1 Å². The van der Waals surface area contributed by atoms with Crippen LogP contribution in [0.4, 0.5) is 5.00 Å². The number of unbranched alkanes of at least 4 members (excludes halogenated alkanes) is 4. The second-order valence-corrected chi connectivity index (χ2v) is 6.66. The van der Waals surface area contributed by atoms with E-state index in [9.17, 15) is 4.79 Å². The summed E-state index contributed by atoms with van der Waals surface area (Å²) in [4.78, 5) is 12.4. The van der Waals surface area contributed by atoms with Gasteiger partial charge in [-0.25, -0.2) is 4.79 Å². The van der Waals surface area contributed by atoms with Crippen molar-refractivity contribution in [2.45, 2.75) is 46.0 Å². The first-order valence-electron chi connectivity index (χ1n) is 8.85. The lowest BCUT2D eigenvalue weighted by atomic mass is 10.0. The molecule has 0 aliphatic carbocycles. The number of nitrogens with one attached hydrogen (secondary N) is 1. The number of carbonyl (C=O) groups excluding carboxylic acids is 1. The predicted molar refractivity (Wildman–Crippen MR) is 103 cm³/mol. The molecule has 24 heavy (non-hydrogen) atoms. The number of thiophene rings is 1. The molecule has 130 valence electrons. The third-order valence-corrected chi connectivity index (χ3v) is 4.86. The molecule has 0 amide bonds. The van der Waals surface area contributed by atoms with Crippen LogP contribution in [0.15, 0.2) is 35.7 Å². The van der Waals surface area contributed by atoms with Gasteiger partial charge in [-0.05, 0) is 18.9 Å². The van der Waals surface area contributed by atoms with Crippen molar-refractivity contribution >= 4 is 22.3 Å². The van der Waals surface area contributed by atoms with Crippen LogP contribution in [0.5, 0.6) is 0 Å². The summed E-state index contributed by atoms with van der Waals surface area (Å²) >= 11 is 1.58. The fourth-order valence-electron chi connectivity index (χ4n) is 2.65. The Labute approximate surface area is 149 Å². The third-order valence-electron chi connectivity index (χ3n) is 3.92. The number of ether oxygens (including phenoxy) is 1. The molecule has 0 saturated carbocycles. The molecule has 4 heteroatoms. The number of rotatable bonds is 10. The Bertz CT molecular complexity index is 622. The van der Waals surface area contributed by atoms with Crippen molar-refractivity contribution in [3.05, 3.63) is 41.3 Å². The molecular formula is C20H27NO2S. The second-order valence-electron chi connectivity index (χ2n) is 5.78. The first-order valence-corrected chi connectivity index (χ1v) is 9.73. The van der Waals surface area contributed by atoms with E-state index in [-0.39, 0.29) is 5.97 Å². The summed E-state index contributed by atoms with van der Waals surface area (Å²) in [6.45, 7) is 5.35. The van der Waals surface area contributed by atoms with Crippen molar-refractivity contribution < 1.29 is 9.53 Å². The monoisotopic (exact) mass is 345 g/mol. The molecule has 0 unspecified atom stereocenters. The van der Waals surface area contributed by atoms with Crippen LogP contribution in [-0.4, -0.2) is 19.1 Å². The predicted octanol–water partition coefficient (Wildman–Crippen LogP) is 5.97. The highest BCUT2D eigenvalue weighted by Crippen LogP contribution is 2.36. The summed E-state index contributed by atoms with van der Waals surface area (Å²) in [5.41, 5.74) is 2.67. The lowest BCUT2D eigenvalue weighted by Crippen LogP contribution is -2.09. The Kier molecular flexibility index (Phi) is 7.83. The number of hydrogen-bond donors (Lipinski definition) is 1. The molecule has 2 aromatic rings. The van der Waals surface area contributed by atoms with Crippen molar-refractivity contribution in [3.63, 3.8) is 0 Å². The fourth-order valence-corrected chi connectivity index (χ4v) is 3.64. The molecule has 0 radical (unpaired) electrons. The molecule has 0 fully saturated rings. The normalized spacial score (nSPS) is 10.6. The van der Waals surface area contributed by atoms with E-state index in [4.69, 9.17) is 4.74 Å². The van der Waals surface area contributed by atoms with Gasteiger partial charge in [-0.1, -0.05) is 62.9 Å². The van der Waals surface area contributed by atoms with Crippen LogP contribution in [0.1, 0.15) is 56.3 Å². The van der Waals surface area contributed by atoms with Crippen molar-refractivity contribution in [1.82, 2.24) is 0 Å². The van der Waals surface area contributed by atoms with Crippen LogP contribution in [0.3, 0.4) is 0 Å². The maximum Gasteiger partial charge on any atom is 0.341 e. The van der Waals surface area contributed by atoms with E-state index in [0.29, 0.717) is 12.2 Å². The zero-order valence-corrected chi connectivity index (χ0v) is 15.5. The van der Waals surface area contributed by atoms with Gasteiger partial charge in [0.2, 0.25) is 0 Å². The molecule has 0 spiro atoms. The largest absolute Gasteiger partial charge is 0.462 e. The highest BCUT2D eigenvalue weighted by atomic mass is 32.1. The summed E-state index contributed by atoms with van der Waals surface area (Å²) < 4.78 is 5.28. The SMILES string of the molecule is CCCCCCCNc1scc(-c2ccccc2)c1C(=O)OCC. The first-order chi connectivity index (χ1) is 11.8. The van der Waals surface area contributed by atoms with Crippen molar-refractivity contribution in [2.75, 3.05) is 18.5 Å². The number of hydrogen-bond acceptors (Lipinski definition) is 4. The van der Waals surface area contributed by atoms with E-state index in [2.05, 4.69) is 12.2 Å². The molecule has 0 aliphatic rings. The molecule has 1 heterocycles. The fraction of sp³-hybridized carbons (Fsp3) is 0.450. The molecule has 0 bridgehead atoms. The molecule has 3 nitrogen and oxygen atoms in total. The van der Waals surface area contributed by atoms with Gasteiger partial charge < -0.3 is 10.1 Å². The highest BCUT2D eigenvalue weighted by Gasteiger charge is 2.21. The van der Waals surface area contributed by atoms with Crippen molar-refractivity contribution in [2.24, 2.45) is 0 Å². The quantitative estimate of drug-likeness (QED) is 0.425. The van der Waals surface area contributed by atoms with Crippen molar-refractivity contribution in [3.8, 4) is 11.1 Å². The zero-order chi connectivity index (χ0) is 17.2. The maximum absolute atomic E-state index is 12.4. The second kappa shape index (κ2) is 10.1. The van der Waals surface area contributed by atoms with Gasteiger partial charge in [0.05, 0.1) is 6.61 Å². The summed E-state index contributed by atoms with van der Waals surface area (Å²) in [6, 6.07) is 10.0. The highest BCUT2D eigenvalue weighted by molar-refractivity contribution is 7.15. The average molecular weight is 346 g/mol. The standard InChI is InChI=1S/C20H27NO2S/c1-3-5-6-7-11-14-21-19-18(20(22)23-4-2)17(15-24-19)16-12-9-8-10-13-16/h8-10,12-13,15,21H,3-7,11,14H2,1-2H3. The van der Waals surface area contributed by atoms with Crippen LogP contribution in [-0.2, 0) is 4.74 Å². The lowest BCUT2D eigenvalue weighted by molar-refractivity contribution is 0.0529. The first kappa shape index (κ1) is 18.5. The molecule has 0 aliphatic heterocycles. The maximum atomic E-state index is 12.4. The smallest absolute Gasteiger partial charge is 0.341 e. The summed E-state index contributed by atoms with van der Waals surface area (Å²) in [5, 5.41) is 6.40. The van der Waals surface area contributed by atoms with E-state index in [1.165, 1.54) is 25.7 Å². The van der Waals surface area contributed by atoms with Gasteiger partial charge >= 0.3 is 5.97 Å². The molecule has 0 saturated heterocycles. The molecule has 0 atom stereocenters. The van der Waals surface area contributed by atoms with E-state index in [1.54, 1.807) is 11.3 Å². The molecular weight excluding hydrogens is 318 g/mol. The Hall–Kier alpha value is -1.81. The van der Waals surface area contributed by atoms with E-state index < -0.39 is 0 Å². The van der Waals surface area contributed by atoms with Gasteiger partial charge in [-0.15, -0.1) is 11.3 Å². The molecule has 1 aromatic heterocycles. The molecule has 2 rings (SSSR count). The molecule has 1 N–H and O–H groups in total. The zero-order valence-electron chi connectivity index (χ0n) is 14.6. The Morgan fingerprint density at radius 2 is 1.83 bits per heavy atom. The molecule has 1 aromatic carbocycles. The Balaban J connectivity index is 2.10. The van der Waals surface area contributed by atoms with Gasteiger partial charge in [-0.2, -0.15) is 0 Å². The minimum atomic E-state index is -0.244. The minimum Gasteiger partial charge on any atom is -0.462 e. The van der Waals surface area contributed by atoms with Gasteiger partial charge in [-0.3, -0.25) is 0 Å². The average Bonchev–Trinajstić information content (AvgIpc) is 3.03. The minimum absolute atomic E-state index is 0.244. The van der Waals surface area contributed by atoms with Gasteiger partial charge in [0, 0.05) is 17.5 Å². The van der Waals surface area contributed by atoms with Crippen LogP contribution in [0.2, 0.25) is 0 Å². The third kappa shape index (κ3) is 5.10. The summed E-state index contributed by atoms with van der Waals surface area (Å²) in [7, 11) is 0. The number of esters is 1. The van der Waals surface area contributed by atoms with Gasteiger partial charge in [0.1, 0.15) is 10.6 Å². The lowest BCUT2D eigenvalue weighted by Gasteiger charge is -2.09. The number of carbonyl (C=O) groups is 1. The Morgan fingerprint density at radius 1 is 1.08 bits per heavy atom. The van der Waals surface area contributed by atoms with Crippen molar-refractivity contribution in [1.29, 1.82) is 0 Å². The summed E-state index contributed by atoms with van der Waals surface area (Å²) in [6.07, 6.45) is 6.19. The van der Waals surface area contributed by atoms with E-state index in [1.807, 2.05) is 42.6 Å². The topological polar surface area (TPSA) is 38.3 Å². The van der Waals surface area contributed by atoms with Crippen LogP contribution in [0, 0.1) is 0 Å².